The van der Waals surface area contributed by atoms with Crippen LogP contribution in [0.2, 0.25) is 0 Å². The molecule has 5 atom stereocenters. The van der Waals surface area contributed by atoms with Crippen molar-refractivity contribution in [1.29, 1.82) is 0 Å². The number of aliphatic hydroxyl groups excluding tert-OH is 4. The minimum atomic E-state index is -1.58. The maximum Gasteiger partial charge on any atom is 0.261 e. The Hall–Kier alpha value is -3.28. The van der Waals surface area contributed by atoms with Crippen LogP contribution >= 0.6 is 0 Å². The van der Waals surface area contributed by atoms with E-state index < -0.39 is 37.3 Å². The molecule has 0 aliphatic carbocycles. The number of fused-ring (bicyclic) bond motifs is 6. The highest BCUT2D eigenvalue weighted by Gasteiger charge is 2.45. The van der Waals surface area contributed by atoms with Gasteiger partial charge in [-0.2, -0.15) is 0 Å². The van der Waals surface area contributed by atoms with Crippen LogP contribution in [0.1, 0.15) is 5.56 Å². The van der Waals surface area contributed by atoms with Gasteiger partial charge in [0.05, 0.1) is 17.7 Å². The Bertz CT molecular complexity index is 1460. The lowest BCUT2D eigenvalue weighted by molar-refractivity contribution is -0.277. The summed E-state index contributed by atoms with van der Waals surface area (Å²) in [5.74, 6) is 0.658. The van der Waals surface area contributed by atoms with E-state index in [1.54, 1.807) is 22.8 Å². The standard InChI is InChI=1S/C24H23N3O7/c28-10-16-19(29)20(30)21(31)24(34-16)33-15-7-3-5-13-17(15)26-22-18-12(8-9-27(22)23(13)32)11-4-1-2-6-14(11)25-18/h1-7,16,19-21,24-25,28-31H,8-10H2/t16-,19-,20+,21-,24-/m1/s1. The molecule has 2 aromatic heterocycles. The molecule has 10 nitrogen and oxygen atoms in total. The number of aliphatic hydroxyl groups is 4. The van der Waals surface area contributed by atoms with Gasteiger partial charge in [0.1, 0.15) is 35.7 Å². The molecule has 34 heavy (non-hydrogen) atoms. The lowest BCUT2D eigenvalue weighted by Gasteiger charge is -2.39. The fourth-order valence-electron chi connectivity index (χ4n) is 4.88. The summed E-state index contributed by atoms with van der Waals surface area (Å²) in [4.78, 5) is 21.5. The van der Waals surface area contributed by atoms with Crippen molar-refractivity contribution in [3.63, 3.8) is 0 Å². The molecule has 1 saturated heterocycles. The van der Waals surface area contributed by atoms with Crippen molar-refractivity contribution in [2.45, 2.75) is 43.7 Å². The van der Waals surface area contributed by atoms with Gasteiger partial charge in [0.25, 0.3) is 5.56 Å². The number of aromatic amines is 1. The highest BCUT2D eigenvalue weighted by Crippen LogP contribution is 2.35. The van der Waals surface area contributed by atoms with Gasteiger partial charge in [0, 0.05) is 17.4 Å². The molecular formula is C24H23N3O7. The molecule has 2 aliphatic rings. The predicted octanol–water partition coefficient (Wildman–Crippen LogP) is 0.280. The summed E-state index contributed by atoms with van der Waals surface area (Å²) in [6.07, 6.45) is -6.45. The van der Waals surface area contributed by atoms with Crippen LogP contribution in [0.15, 0.2) is 47.3 Å². The highest BCUT2D eigenvalue weighted by atomic mass is 16.7. The number of aromatic nitrogens is 3. The maximum absolute atomic E-state index is 13.4. The van der Waals surface area contributed by atoms with E-state index in [0.29, 0.717) is 24.2 Å². The summed E-state index contributed by atoms with van der Waals surface area (Å²) < 4.78 is 13.0. The molecule has 10 heteroatoms. The molecule has 2 aliphatic heterocycles. The van der Waals surface area contributed by atoms with E-state index in [1.807, 2.05) is 24.3 Å². The number of hydrogen-bond acceptors (Lipinski definition) is 8. The Kier molecular flexibility index (Phi) is 4.94. The number of H-pyrrole nitrogens is 1. The minimum Gasteiger partial charge on any atom is -0.460 e. The summed E-state index contributed by atoms with van der Waals surface area (Å²) in [6, 6.07) is 12.8. The number of para-hydroxylation sites is 2. The number of ether oxygens (including phenoxy) is 2. The van der Waals surface area contributed by atoms with Crippen molar-refractivity contribution in [1.82, 2.24) is 14.5 Å². The number of aryl methyl sites for hydroxylation is 1. The number of benzene rings is 2. The van der Waals surface area contributed by atoms with E-state index in [9.17, 15) is 25.2 Å². The highest BCUT2D eigenvalue weighted by molar-refractivity contribution is 5.92. The second kappa shape index (κ2) is 7.90. The first-order valence-electron chi connectivity index (χ1n) is 11.1. The van der Waals surface area contributed by atoms with E-state index >= 15 is 0 Å². The lowest BCUT2D eigenvalue weighted by atomic mass is 9.99. The van der Waals surface area contributed by atoms with Crippen LogP contribution in [0.25, 0.3) is 33.3 Å². The summed E-state index contributed by atoms with van der Waals surface area (Å²) in [5, 5.41) is 41.4. The zero-order chi connectivity index (χ0) is 23.6. The molecule has 4 heterocycles. The van der Waals surface area contributed by atoms with E-state index in [-0.39, 0.29) is 16.8 Å². The van der Waals surface area contributed by atoms with Gasteiger partial charge in [-0.05, 0) is 30.2 Å². The Morgan fingerprint density at radius 1 is 1.06 bits per heavy atom. The third-order valence-electron chi connectivity index (χ3n) is 6.66. The average Bonchev–Trinajstić information content (AvgIpc) is 3.24. The van der Waals surface area contributed by atoms with Gasteiger partial charge in [-0.15, -0.1) is 0 Å². The van der Waals surface area contributed by atoms with Gasteiger partial charge < -0.3 is 34.9 Å². The SMILES string of the molecule is O=c1c2cccc(O[C@@H]3O[C@H](CO)[C@@H](O)[C@H](O)[C@H]3O)c2nc2n1CCc1c-2[nH]c2ccccc12. The molecule has 0 bridgehead atoms. The van der Waals surface area contributed by atoms with E-state index in [2.05, 4.69) is 4.98 Å². The summed E-state index contributed by atoms with van der Waals surface area (Å²) in [7, 11) is 0. The van der Waals surface area contributed by atoms with Crippen molar-refractivity contribution >= 4 is 21.8 Å². The molecule has 5 N–H and O–H groups in total. The molecule has 1 fully saturated rings. The van der Waals surface area contributed by atoms with Gasteiger partial charge in [-0.25, -0.2) is 4.98 Å². The normalized spacial score (nSPS) is 26.4. The van der Waals surface area contributed by atoms with Crippen molar-refractivity contribution in [3.8, 4) is 17.3 Å². The fourth-order valence-corrected chi connectivity index (χ4v) is 4.88. The fraction of sp³-hybridized carbons (Fsp3) is 0.333. The first-order valence-corrected chi connectivity index (χ1v) is 11.1. The third kappa shape index (κ3) is 3.07. The van der Waals surface area contributed by atoms with Gasteiger partial charge in [-0.3, -0.25) is 9.36 Å². The average molecular weight is 465 g/mol. The monoisotopic (exact) mass is 465 g/mol. The van der Waals surface area contributed by atoms with Crippen LogP contribution in [-0.4, -0.2) is 72.3 Å². The molecule has 6 rings (SSSR count). The van der Waals surface area contributed by atoms with Crippen LogP contribution in [-0.2, 0) is 17.7 Å². The van der Waals surface area contributed by atoms with Crippen molar-refractivity contribution in [2.24, 2.45) is 0 Å². The maximum atomic E-state index is 13.4. The molecule has 176 valence electrons. The summed E-state index contributed by atoms with van der Waals surface area (Å²) in [6.45, 7) is -0.0830. The third-order valence-corrected chi connectivity index (χ3v) is 6.66. The van der Waals surface area contributed by atoms with E-state index in [1.165, 1.54) is 0 Å². The van der Waals surface area contributed by atoms with E-state index in [4.69, 9.17) is 14.5 Å². The summed E-state index contributed by atoms with van der Waals surface area (Å²) >= 11 is 0. The minimum absolute atomic E-state index is 0.172. The molecular weight excluding hydrogens is 442 g/mol. The van der Waals surface area contributed by atoms with Gasteiger partial charge in [0.15, 0.2) is 5.82 Å². The molecule has 0 amide bonds. The molecule has 4 aromatic rings. The van der Waals surface area contributed by atoms with Gasteiger partial charge in [0.2, 0.25) is 6.29 Å². The smallest absolute Gasteiger partial charge is 0.261 e. The second-order valence-corrected chi connectivity index (χ2v) is 8.63. The first kappa shape index (κ1) is 21.3. The van der Waals surface area contributed by atoms with E-state index in [0.717, 1.165) is 22.2 Å². The van der Waals surface area contributed by atoms with Crippen LogP contribution in [0.3, 0.4) is 0 Å². The van der Waals surface area contributed by atoms with Gasteiger partial charge in [-0.1, -0.05) is 24.3 Å². The van der Waals surface area contributed by atoms with Crippen molar-refractivity contribution in [2.75, 3.05) is 6.61 Å². The lowest BCUT2D eigenvalue weighted by Crippen LogP contribution is -2.60. The molecule has 0 unspecified atom stereocenters. The quantitative estimate of drug-likeness (QED) is 0.290. The molecule has 0 saturated carbocycles. The molecule has 2 aromatic carbocycles. The largest absolute Gasteiger partial charge is 0.460 e. The molecule has 0 spiro atoms. The predicted molar refractivity (Wildman–Crippen MR) is 121 cm³/mol. The Balaban J connectivity index is 1.47. The van der Waals surface area contributed by atoms with Gasteiger partial charge >= 0.3 is 0 Å². The zero-order valence-corrected chi connectivity index (χ0v) is 18.0. The second-order valence-electron chi connectivity index (χ2n) is 8.63. The Morgan fingerprint density at radius 3 is 2.68 bits per heavy atom. The van der Waals surface area contributed by atoms with Crippen LogP contribution in [0, 0.1) is 0 Å². The number of nitrogens with zero attached hydrogens (tertiary/aromatic N) is 2. The number of rotatable bonds is 3. The Morgan fingerprint density at radius 2 is 1.85 bits per heavy atom. The Labute approximate surface area is 192 Å². The zero-order valence-electron chi connectivity index (χ0n) is 18.0. The number of nitrogens with one attached hydrogen (secondary N) is 1. The van der Waals surface area contributed by atoms with Crippen molar-refractivity contribution in [3.05, 3.63) is 58.4 Å². The first-order chi connectivity index (χ1) is 16.5. The van der Waals surface area contributed by atoms with Crippen LogP contribution in [0.4, 0.5) is 0 Å². The summed E-state index contributed by atoms with van der Waals surface area (Å²) in [5.41, 5.74) is 2.88. The van der Waals surface area contributed by atoms with Crippen LogP contribution in [0.5, 0.6) is 5.75 Å². The topological polar surface area (TPSA) is 150 Å². The van der Waals surface area contributed by atoms with Crippen LogP contribution < -0.4 is 10.3 Å². The molecule has 0 radical (unpaired) electrons. The number of hydrogen-bond donors (Lipinski definition) is 5. The van der Waals surface area contributed by atoms with Crippen molar-refractivity contribution < 1.29 is 29.9 Å².